The number of esters is 1. The molecule has 1 rings (SSSR count). The molecular weight excluding hydrogens is 240 g/mol. The second-order valence-electron chi connectivity index (χ2n) is 3.60. The van der Waals surface area contributed by atoms with Crippen LogP contribution in [0.5, 0.6) is 0 Å². The Labute approximate surface area is 105 Å². The Bertz CT molecular complexity index is 354. The van der Waals surface area contributed by atoms with Crippen LogP contribution in [0.25, 0.3) is 0 Å². The van der Waals surface area contributed by atoms with Gasteiger partial charge in [-0.3, -0.25) is 4.79 Å². The third-order valence-corrected chi connectivity index (χ3v) is 3.12. The van der Waals surface area contributed by atoms with Gasteiger partial charge < -0.3 is 14.8 Å². The van der Waals surface area contributed by atoms with Gasteiger partial charge >= 0.3 is 5.97 Å². The van der Waals surface area contributed by atoms with E-state index in [0.29, 0.717) is 6.61 Å². The topological polar surface area (TPSA) is 60.5 Å². The average Bonchev–Trinajstić information content (AvgIpc) is 2.75. The van der Waals surface area contributed by atoms with Crippen molar-refractivity contribution in [3.8, 4) is 0 Å². The number of hydrogen-bond donors (Lipinski definition) is 1. The SMILES string of the molecule is CCC(COC)Nc1nc(CC(=O)OC)cs1. The number of carbonyl (C=O) groups is 1. The van der Waals surface area contributed by atoms with Crippen molar-refractivity contribution in [2.24, 2.45) is 0 Å². The van der Waals surface area contributed by atoms with Gasteiger partial charge in [0.1, 0.15) is 0 Å². The lowest BCUT2D eigenvalue weighted by Gasteiger charge is -2.14. The van der Waals surface area contributed by atoms with Crippen LogP contribution in [0.2, 0.25) is 0 Å². The molecule has 1 aromatic heterocycles. The second-order valence-corrected chi connectivity index (χ2v) is 4.46. The maximum atomic E-state index is 11.1. The predicted octanol–water partition coefficient (Wildman–Crippen LogP) is 1.70. The zero-order valence-electron chi connectivity index (χ0n) is 10.4. The lowest BCUT2D eigenvalue weighted by molar-refractivity contribution is -0.139. The van der Waals surface area contributed by atoms with E-state index in [-0.39, 0.29) is 18.4 Å². The van der Waals surface area contributed by atoms with E-state index < -0.39 is 0 Å². The van der Waals surface area contributed by atoms with Gasteiger partial charge in [0.2, 0.25) is 0 Å². The van der Waals surface area contributed by atoms with E-state index in [1.807, 2.05) is 5.38 Å². The summed E-state index contributed by atoms with van der Waals surface area (Å²) in [7, 11) is 3.05. The third-order valence-electron chi connectivity index (χ3n) is 2.29. The number of aromatic nitrogens is 1. The Balaban J connectivity index is 2.52. The quantitative estimate of drug-likeness (QED) is 0.754. The van der Waals surface area contributed by atoms with Gasteiger partial charge in [-0.1, -0.05) is 6.92 Å². The molecule has 5 nitrogen and oxygen atoms in total. The zero-order valence-corrected chi connectivity index (χ0v) is 11.2. The van der Waals surface area contributed by atoms with E-state index in [9.17, 15) is 4.79 Å². The molecule has 0 saturated carbocycles. The number of thiazole rings is 1. The molecule has 1 heterocycles. The van der Waals surface area contributed by atoms with Crippen LogP contribution in [0.1, 0.15) is 19.0 Å². The highest BCUT2D eigenvalue weighted by Crippen LogP contribution is 2.17. The number of nitrogens with one attached hydrogen (secondary N) is 1. The molecule has 0 radical (unpaired) electrons. The monoisotopic (exact) mass is 258 g/mol. The van der Waals surface area contributed by atoms with E-state index in [1.165, 1.54) is 18.4 Å². The van der Waals surface area contributed by atoms with Gasteiger partial charge in [0.15, 0.2) is 5.13 Å². The molecule has 0 amide bonds. The molecular formula is C11H18N2O3S. The van der Waals surface area contributed by atoms with E-state index in [4.69, 9.17) is 4.74 Å². The number of methoxy groups -OCH3 is 2. The minimum Gasteiger partial charge on any atom is -0.469 e. The van der Waals surface area contributed by atoms with Crippen molar-refractivity contribution in [1.29, 1.82) is 0 Å². The van der Waals surface area contributed by atoms with Gasteiger partial charge in [-0.2, -0.15) is 0 Å². The molecule has 0 aliphatic rings. The van der Waals surface area contributed by atoms with Crippen molar-refractivity contribution < 1.29 is 14.3 Å². The summed E-state index contributed by atoms with van der Waals surface area (Å²) in [5.74, 6) is -0.272. The molecule has 0 aromatic carbocycles. The molecule has 96 valence electrons. The zero-order chi connectivity index (χ0) is 12.7. The molecule has 6 heteroatoms. The Hall–Kier alpha value is -1.14. The highest BCUT2D eigenvalue weighted by atomic mass is 32.1. The second kappa shape index (κ2) is 7.24. The van der Waals surface area contributed by atoms with Crippen molar-refractivity contribution >= 4 is 22.4 Å². The van der Waals surface area contributed by atoms with Crippen molar-refractivity contribution in [2.75, 3.05) is 26.1 Å². The number of rotatable bonds is 7. The first-order chi connectivity index (χ1) is 8.19. The van der Waals surface area contributed by atoms with Gasteiger partial charge in [0.05, 0.1) is 31.9 Å². The molecule has 0 spiro atoms. The lowest BCUT2D eigenvalue weighted by atomic mass is 10.2. The number of nitrogens with zero attached hydrogens (tertiary/aromatic N) is 1. The first-order valence-electron chi connectivity index (χ1n) is 5.46. The first kappa shape index (κ1) is 13.9. The van der Waals surface area contributed by atoms with Crippen LogP contribution in [-0.2, 0) is 20.7 Å². The van der Waals surface area contributed by atoms with Crippen molar-refractivity contribution in [2.45, 2.75) is 25.8 Å². The van der Waals surface area contributed by atoms with Crippen molar-refractivity contribution in [3.63, 3.8) is 0 Å². The van der Waals surface area contributed by atoms with Crippen molar-refractivity contribution in [1.82, 2.24) is 4.98 Å². The summed E-state index contributed by atoms with van der Waals surface area (Å²) in [5, 5.41) is 5.94. The molecule has 17 heavy (non-hydrogen) atoms. The van der Waals surface area contributed by atoms with Gasteiger partial charge in [-0.05, 0) is 6.42 Å². The molecule has 1 atom stereocenters. The molecule has 0 bridgehead atoms. The standard InChI is InChI=1S/C11H18N2O3S/c1-4-8(6-15-2)12-11-13-9(7-17-11)5-10(14)16-3/h7-8H,4-6H2,1-3H3,(H,12,13). The summed E-state index contributed by atoms with van der Waals surface area (Å²) in [5.41, 5.74) is 0.733. The maximum absolute atomic E-state index is 11.1. The molecule has 0 fully saturated rings. The summed E-state index contributed by atoms with van der Waals surface area (Å²) in [6.45, 7) is 2.72. The summed E-state index contributed by atoms with van der Waals surface area (Å²) in [6, 6.07) is 0.247. The Morgan fingerprint density at radius 3 is 2.94 bits per heavy atom. The molecule has 1 unspecified atom stereocenters. The fraction of sp³-hybridized carbons (Fsp3) is 0.636. The Morgan fingerprint density at radius 1 is 1.59 bits per heavy atom. The van der Waals surface area contributed by atoms with Crippen LogP contribution in [0.15, 0.2) is 5.38 Å². The minimum absolute atomic E-state index is 0.218. The van der Waals surface area contributed by atoms with Gasteiger partial charge in [-0.25, -0.2) is 4.98 Å². The summed E-state index contributed by atoms with van der Waals surface area (Å²) in [6.07, 6.45) is 1.18. The van der Waals surface area contributed by atoms with E-state index in [0.717, 1.165) is 17.2 Å². The van der Waals surface area contributed by atoms with Crippen LogP contribution < -0.4 is 5.32 Å². The molecule has 1 aromatic rings. The molecule has 0 saturated heterocycles. The maximum Gasteiger partial charge on any atom is 0.311 e. The summed E-state index contributed by atoms with van der Waals surface area (Å²) >= 11 is 1.49. The number of hydrogen-bond acceptors (Lipinski definition) is 6. The van der Waals surface area contributed by atoms with E-state index in [1.54, 1.807) is 7.11 Å². The molecule has 0 aliphatic carbocycles. The highest BCUT2D eigenvalue weighted by molar-refractivity contribution is 7.13. The van der Waals surface area contributed by atoms with Gasteiger partial charge in [-0.15, -0.1) is 11.3 Å². The number of carbonyl (C=O) groups excluding carboxylic acids is 1. The number of ether oxygens (including phenoxy) is 2. The largest absolute Gasteiger partial charge is 0.469 e. The van der Waals surface area contributed by atoms with Gasteiger partial charge in [0.25, 0.3) is 0 Å². The highest BCUT2D eigenvalue weighted by Gasteiger charge is 2.10. The van der Waals surface area contributed by atoms with Crippen LogP contribution >= 0.6 is 11.3 Å². The predicted molar refractivity (Wildman–Crippen MR) is 67.4 cm³/mol. The minimum atomic E-state index is -0.272. The third kappa shape index (κ3) is 4.70. The fourth-order valence-corrected chi connectivity index (χ4v) is 2.10. The van der Waals surface area contributed by atoms with Crippen LogP contribution in [0, 0.1) is 0 Å². The van der Waals surface area contributed by atoms with Crippen LogP contribution in [0.4, 0.5) is 5.13 Å². The normalized spacial score (nSPS) is 12.2. The molecule has 1 N–H and O–H groups in total. The van der Waals surface area contributed by atoms with Crippen LogP contribution in [-0.4, -0.2) is 37.8 Å². The number of anilines is 1. The van der Waals surface area contributed by atoms with E-state index in [2.05, 4.69) is 22.0 Å². The first-order valence-corrected chi connectivity index (χ1v) is 6.34. The molecule has 0 aliphatic heterocycles. The smallest absolute Gasteiger partial charge is 0.311 e. The lowest BCUT2D eigenvalue weighted by Crippen LogP contribution is -2.23. The Kier molecular flexibility index (Phi) is 5.93. The van der Waals surface area contributed by atoms with E-state index >= 15 is 0 Å². The Morgan fingerprint density at radius 2 is 2.35 bits per heavy atom. The summed E-state index contributed by atoms with van der Waals surface area (Å²) in [4.78, 5) is 15.4. The van der Waals surface area contributed by atoms with Crippen molar-refractivity contribution in [3.05, 3.63) is 11.1 Å². The van der Waals surface area contributed by atoms with Gasteiger partial charge in [0, 0.05) is 12.5 Å². The van der Waals surface area contributed by atoms with Crippen LogP contribution in [0.3, 0.4) is 0 Å². The average molecular weight is 258 g/mol. The summed E-state index contributed by atoms with van der Waals surface area (Å²) < 4.78 is 9.69. The fourth-order valence-electron chi connectivity index (χ4n) is 1.31.